The third kappa shape index (κ3) is 3.69. The van der Waals surface area contributed by atoms with Gasteiger partial charge in [-0.3, -0.25) is 9.35 Å². The number of halogens is 1. The Morgan fingerprint density at radius 1 is 1.35 bits per heavy atom. The summed E-state index contributed by atoms with van der Waals surface area (Å²) in [6, 6.07) is 0.498. The minimum absolute atomic E-state index is 0.00955. The number of rotatable bonds is 5. The first-order valence-electron chi connectivity index (χ1n) is 5.31. The van der Waals surface area contributed by atoms with Gasteiger partial charge in [0.1, 0.15) is 0 Å². The van der Waals surface area contributed by atoms with Gasteiger partial charge in [-0.2, -0.15) is 8.42 Å². The van der Waals surface area contributed by atoms with Crippen LogP contribution in [-0.4, -0.2) is 35.9 Å². The highest BCUT2D eigenvalue weighted by Gasteiger charge is 2.24. The fraction of sp³-hybridized carbons (Fsp3) is 0.273. The zero-order chi connectivity index (χ0) is 15.7. The Balaban J connectivity index is 3.34. The van der Waals surface area contributed by atoms with Gasteiger partial charge in [-0.1, -0.05) is 11.6 Å². The van der Waals surface area contributed by atoms with Gasteiger partial charge in [0, 0.05) is 10.7 Å². The molecule has 0 fully saturated rings. The van der Waals surface area contributed by atoms with E-state index in [1.54, 1.807) is 0 Å². The summed E-state index contributed by atoms with van der Waals surface area (Å²) in [5.74, 6) is -2.07. The number of hydrogen-bond acceptors (Lipinski definition) is 5. The van der Waals surface area contributed by atoms with E-state index >= 15 is 0 Å². The van der Waals surface area contributed by atoms with Gasteiger partial charge in [0.15, 0.2) is 11.8 Å². The molecule has 1 unspecified atom stereocenters. The molecular formula is C11H12ClNO6S. The number of carboxylic acid groups (broad SMARTS) is 1. The average molecular weight is 322 g/mol. The van der Waals surface area contributed by atoms with E-state index < -0.39 is 32.8 Å². The first-order valence-corrected chi connectivity index (χ1v) is 7.13. The summed E-state index contributed by atoms with van der Waals surface area (Å²) < 4.78 is 31.2. The van der Waals surface area contributed by atoms with Gasteiger partial charge >= 0.3 is 5.97 Å². The number of anilines is 1. The lowest BCUT2D eigenvalue weighted by Crippen LogP contribution is -2.36. The maximum absolute atomic E-state index is 11.2. The first-order chi connectivity index (χ1) is 9.04. The minimum Gasteiger partial charge on any atom is -0.479 e. The summed E-state index contributed by atoms with van der Waals surface area (Å²) in [5, 5.41) is 11.3. The minimum atomic E-state index is -4.50. The zero-order valence-electron chi connectivity index (χ0n) is 10.5. The monoisotopic (exact) mass is 321 g/mol. The lowest BCUT2D eigenvalue weighted by molar-refractivity contribution is -0.140. The molecule has 0 amide bonds. The van der Waals surface area contributed by atoms with Crippen molar-refractivity contribution in [2.75, 3.05) is 5.32 Å². The molecule has 0 bridgehead atoms. The fourth-order valence-electron chi connectivity index (χ4n) is 1.45. The fourth-order valence-corrected chi connectivity index (χ4v) is 2.26. The maximum Gasteiger partial charge on any atom is 0.333 e. The lowest BCUT2D eigenvalue weighted by Gasteiger charge is -2.16. The molecule has 1 atom stereocenters. The van der Waals surface area contributed by atoms with E-state index in [0.717, 1.165) is 19.1 Å². The molecule has 1 aromatic rings. The Hall–Kier alpha value is -1.64. The predicted octanol–water partition coefficient (Wildman–Crippen LogP) is 1.35. The van der Waals surface area contributed by atoms with Gasteiger partial charge in [0.25, 0.3) is 10.1 Å². The average Bonchev–Trinajstić information content (AvgIpc) is 2.28. The van der Waals surface area contributed by atoms with Crippen molar-refractivity contribution in [1.82, 2.24) is 0 Å². The molecule has 0 saturated carbocycles. The Bertz CT molecular complexity index is 656. The topological polar surface area (TPSA) is 121 Å². The number of aliphatic carboxylic acids is 1. The molecule has 0 aliphatic rings. The van der Waals surface area contributed by atoms with Crippen molar-refractivity contribution >= 4 is 39.2 Å². The summed E-state index contributed by atoms with van der Waals surface area (Å²) >= 11 is 5.82. The number of carboxylic acids is 1. The van der Waals surface area contributed by atoms with Crippen molar-refractivity contribution in [1.29, 1.82) is 0 Å². The van der Waals surface area contributed by atoms with E-state index in [4.69, 9.17) is 21.3 Å². The second kappa shape index (κ2) is 5.78. The van der Waals surface area contributed by atoms with Gasteiger partial charge in [-0.05, 0) is 31.5 Å². The van der Waals surface area contributed by atoms with E-state index in [1.165, 1.54) is 6.92 Å². The Morgan fingerprint density at radius 3 is 2.30 bits per heavy atom. The van der Waals surface area contributed by atoms with E-state index in [1.807, 2.05) is 0 Å². The van der Waals surface area contributed by atoms with Crippen molar-refractivity contribution in [3.63, 3.8) is 0 Å². The standard InChI is InChI=1S/C11H12ClNO6S/c1-5-8(12)3-7(20(17,18)19)4-9(5)13-10(6(2)14)11(15)16/h3-4,10,13H,1-2H3,(H,15,16)(H,17,18,19). The maximum atomic E-state index is 11.2. The van der Waals surface area contributed by atoms with E-state index in [2.05, 4.69) is 5.32 Å². The Labute approximate surface area is 120 Å². The number of hydrogen-bond donors (Lipinski definition) is 3. The molecule has 7 nitrogen and oxygen atoms in total. The molecule has 20 heavy (non-hydrogen) atoms. The Kier molecular flexibility index (Phi) is 4.74. The first kappa shape index (κ1) is 16.4. The molecule has 1 aromatic carbocycles. The number of benzene rings is 1. The van der Waals surface area contributed by atoms with Crippen molar-refractivity contribution in [2.45, 2.75) is 24.8 Å². The van der Waals surface area contributed by atoms with Gasteiger partial charge in [0.05, 0.1) is 4.90 Å². The van der Waals surface area contributed by atoms with Crippen LogP contribution in [0.1, 0.15) is 12.5 Å². The van der Waals surface area contributed by atoms with Crippen molar-refractivity contribution < 1.29 is 27.7 Å². The molecule has 0 heterocycles. The van der Waals surface area contributed by atoms with Crippen LogP contribution >= 0.6 is 11.6 Å². The summed E-state index contributed by atoms with van der Waals surface area (Å²) in [4.78, 5) is 21.7. The number of nitrogens with one attached hydrogen (secondary N) is 1. The second-order valence-electron chi connectivity index (χ2n) is 4.08. The molecule has 0 aliphatic carbocycles. The number of ketones is 1. The van der Waals surface area contributed by atoms with Gasteiger partial charge < -0.3 is 10.4 Å². The second-order valence-corrected chi connectivity index (χ2v) is 5.91. The van der Waals surface area contributed by atoms with Crippen LogP contribution < -0.4 is 5.32 Å². The van der Waals surface area contributed by atoms with Crippen molar-refractivity contribution in [3.8, 4) is 0 Å². The Morgan fingerprint density at radius 2 is 1.90 bits per heavy atom. The summed E-state index contributed by atoms with van der Waals surface area (Å²) in [5.41, 5.74) is 0.388. The molecule has 0 radical (unpaired) electrons. The smallest absolute Gasteiger partial charge is 0.333 e. The van der Waals surface area contributed by atoms with Crippen LogP contribution in [0.2, 0.25) is 5.02 Å². The summed E-state index contributed by atoms with van der Waals surface area (Å²) in [7, 11) is -4.50. The predicted molar refractivity (Wildman–Crippen MR) is 71.7 cm³/mol. The molecule has 110 valence electrons. The van der Waals surface area contributed by atoms with E-state index in [0.29, 0.717) is 5.56 Å². The third-order valence-corrected chi connectivity index (χ3v) is 3.79. The van der Waals surface area contributed by atoms with Crippen LogP contribution in [0.25, 0.3) is 0 Å². The normalized spacial score (nSPS) is 12.8. The molecular weight excluding hydrogens is 310 g/mol. The SMILES string of the molecule is CC(=O)C(Nc1cc(S(=O)(=O)O)cc(Cl)c1C)C(=O)O. The van der Waals surface area contributed by atoms with Gasteiger partial charge in [-0.25, -0.2) is 4.79 Å². The highest BCUT2D eigenvalue weighted by molar-refractivity contribution is 7.85. The largest absolute Gasteiger partial charge is 0.479 e. The van der Waals surface area contributed by atoms with Crippen molar-refractivity contribution in [3.05, 3.63) is 22.7 Å². The number of carbonyl (C=O) groups excluding carboxylic acids is 1. The zero-order valence-corrected chi connectivity index (χ0v) is 12.1. The van der Waals surface area contributed by atoms with Gasteiger partial charge in [0.2, 0.25) is 0 Å². The van der Waals surface area contributed by atoms with Crippen LogP contribution in [-0.2, 0) is 19.7 Å². The van der Waals surface area contributed by atoms with Crippen LogP contribution in [0.5, 0.6) is 0 Å². The summed E-state index contributed by atoms with van der Waals surface area (Å²) in [6.07, 6.45) is 0. The molecule has 0 aromatic heterocycles. The molecule has 3 N–H and O–H groups in total. The summed E-state index contributed by atoms with van der Waals surface area (Å²) in [6.45, 7) is 2.59. The van der Waals surface area contributed by atoms with Crippen LogP contribution in [0.15, 0.2) is 17.0 Å². The quantitative estimate of drug-likeness (QED) is 0.553. The molecule has 0 saturated heterocycles. The molecule has 9 heteroatoms. The van der Waals surface area contributed by atoms with E-state index in [-0.39, 0.29) is 10.7 Å². The van der Waals surface area contributed by atoms with Crippen molar-refractivity contribution in [2.24, 2.45) is 0 Å². The molecule has 1 rings (SSSR count). The number of Topliss-reactive ketones (excluding diaryl/α,β-unsaturated/α-hetero) is 1. The van der Waals surface area contributed by atoms with Crippen LogP contribution in [0, 0.1) is 6.92 Å². The number of carbonyl (C=O) groups is 2. The molecule has 0 aliphatic heterocycles. The highest BCUT2D eigenvalue weighted by Crippen LogP contribution is 2.28. The third-order valence-electron chi connectivity index (χ3n) is 2.57. The van der Waals surface area contributed by atoms with Crippen LogP contribution in [0.3, 0.4) is 0 Å². The molecule has 0 spiro atoms. The van der Waals surface area contributed by atoms with E-state index in [9.17, 15) is 18.0 Å². The lowest BCUT2D eigenvalue weighted by atomic mass is 10.1. The van der Waals surface area contributed by atoms with Crippen LogP contribution in [0.4, 0.5) is 5.69 Å². The highest BCUT2D eigenvalue weighted by atomic mass is 35.5. The van der Waals surface area contributed by atoms with Gasteiger partial charge in [-0.15, -0.1) is 0 Å².